The summed E-state index contributed by atoms with van der Waals surface area (Å²) in [7, 11) is 0. The zero-order valence-corrected chi connectivity index (χ0v) is 19.5. The van der Waals surface area contributed by atoms with Gasteiger partial charge in [-0.15, -0.1) is 11.8 Å². The number of thioether (sulfide) groups is 1. The summed E-state index contributed by atoms with van der Waals surface area (Å²) in [6.07, 6.45) is 2.47. The molecule has 1 atom stereocenters. The van der Waals surface area contributed by atoms with Crippen LogP contribution in [0.15, 0.2) is 17.0 Å². The average molecular weight is 395 g/mol. The second kappa shape index (κ2) is 8.89. The molecule has 1 rings (SSSR count). The Hall–Kier alpha value is -1.16. The molecule has 0 radical (unpaired) electrons. The van der Waals surface area contributed by atoms with Gasteiger partial charge in [0, 0.05) is 16.0 Å². The van der Waals surface area contributed by atoms with Gasteiger partial charge in [-0.1, -0.05) is 61.8 Å². The van der Waals surface area contributed by atoms with Crippen LogP contribution in [0.1, 0.15) is 92.7 Å². The van der Waals surface area contributed by atoms with Gasteiger partial charge in [0.15, 0.2) is 0 Å². The third-order valence-electron chi connectivity index (χ3n) is 4.64. The monoisotopic (exact) mass is 394 g/mol. The third kappa shape index (κ3) is 6.17. The van der Waals surface area contributed by atoms with Crippen molar-refractivity contribution >= 4 is 17.7 Å². The molecular formula is C23H38O3S. The lowest BCUT2D eigenvalue weighted by Gasteiger charge is -2.31. The van der Waals surface area contributed by atoms with Gasteiger partial charge in [0.1, 0.15) is 10.5 Å². The van der Waals surface area contributed by atoms with Crippen LogP contribution in [-0.4, -0.2) is 22.4 Å². The van der Waals surface area contributed by atoms with Gasteiger partial charge in [0.25, 0.3) is 0 Å². The van der Waals surface area contributed by atoms with Crippen molar-refractivity contribution in [2.24, 2.45) is 0 Å². The number of hydrogen-bond acceptors (Lipinski definition) is 4. The number of benzene rings is 1. The SMILES string of the molecule is CCCOC(=O)C(C)(CCC)Sc1cc(C(C)(C)C)c(O)c(C(C)(C)C)c1. The van der Waals surface area contributed by atoms with E-state index < -0.39 is 4.75 Å². The Balaban J connectivity index is 3.44. The minimum Gasteiger partial charge on any atom is -0.507 e. The zero-order valence-electron chi connectivity index (χ0n) is 18.7. The largest absolute Gasteiger partial charge is 0.507 e. The minimum absolute atomic E-state index is 0.154. The first-order valence-electron chi connectivity index (χ1n) is 10.0. The molecule has 27 heavy (non-hydrogen) atoms. The van der Waals surface area contributed by atoms with Crippen LogP contribution < -0.4 is 0 Å². The van der Waals surface area contributed by atoms with Gasteiger partial charge in [-0.05, 0) is 42.7 Å². The van der Waals surface area contributed by atoms with Crippen LogP contribution in [-0.2, 0) is 20.4 Å². The molecule has 0 aliphatic rings. The Bertz CT molecular complexity index is 618. The number of aromatic hydroxyl groups is 1. The van der Waals surface area contributed by atoms with Crippen LogP contribution in [0, 0.1) is 0 Å². The molecule has 0 aliphatic heterocycles. The average Bonchev–Trinajstić information content (AvgIpc) is 2.52. The molecule has 0 heterocycles. The Morgan fingerprint density at radius 2 is 1.44 bits per heavy atom. The van der Waals surface area contributed by atoms with Crippen molar-refractivity contribution in [1.29, 1.82) is 0 Å². The van der Waals surface area contributed by atoms with Gasteiger partial charge < -0.3 is 9.84 Å². The highest BCUT2D eigenvalue weighted by atomic mass is 32.2. The van der Waals surface area contributed by atoms with E-state index in [0.717, 1.165) is 35.3 Å². The van der Waals surface area contributed by atoms with Crippen molar-refractivity contribution in [2.45, 2.75) is 102 Å². The topological polar surface area (TPSA) is 46.5 Å². The number of phenols is 1. The van der Waals surface area contributed by atoms with E-state index in [-0.39, 0.29) is 16.8 Å². The molecule has 0 saturated heterocycles. The standard InChI is InChI=1S/C23H38O3S/c1-10-12-23(9,20(25)26-13-11-2)27-16-14-17(21(3,4)5)19(24)18(15-16)22(6,7)8/h14-15,24H,10-13H2,1-9H3. The number of esters is 1. The number of hydrogen-bond donors (Lipinski definition) is 1. The molecule has 1 N–H and O–H groups in total. The fourth-order valence-corrected chi connectivity index (χ4v) is 4.41. The first-order valence-corrected chi connectivity index (χ1v) is 10.8. The highest BCUT2D eigenvalue weighted by Gasteiger charge is 2.36. The van der Waals surface area contributed by atoms with Crippen molar-refractivity contribution in [3.8, 4) is 5.75 Å². The lowest BCUT2D eigenvalue weighted by atomic mass is 9.79. The molecule has 0 amide bonds. The van der Waals surface area contributed by atoms with E-state index in [2.05, 4.69) is 48.5 Å². The molecule has 0 saturated carbocycles. The number of rotatable bonds is 7. The predicted molar refractivity (Wildman–Crippen MR) is 116 cm³/mol. The lowest BCUT2D eigenvalue weighted by molar-refractivity contribution is -0.146. The maximum atomic E-state index is 12.8. The summed E-state index contributed by atoms with van der Waals surface area (Å²) in [6, 6.07) is 4.08. The maximum absolute atomic E-state index is 12.8. The van der Waals surface area contributed by atoms with E-state index in [1.807, 2.05) is 26.0 Å². The van der Waals surface area contributed by atoms with Crippen molar-refractivity contribution in [1.82, 2.24) is 0 Å². The molecule has 3 nitrogen and oxygen atoms in total. The summed E-state index contributed by atoms with van der Waals surface area (Å²) in [5.74, 6) is 0.212. The summed E-state index contributed by atoms with van der Waals surface area (Å²) in [5, 5.41) is 10.9. The van der Waals surface area contributed by atoms with Crippen LogP contribution in [0.2, 0.25) is 0 Å². The Labute approximate surface area is 170 Å². The Kier molecular flexibility index (Phi) is 7.87. The Morgan fingerprint density at radius 3 is 1.81 bits per heavy atom. The van der Waals surface area contributed by atoms with Crippen molar-refractivity contribution < 1.29 is 14.6 Å². The van der Waals surface area contributed by atoms with Crippen molar-refractivity contribution in [3.63, 3.8) is 0 Å². The number of ether oxygens (including phenoxy) is 1. The van der Waals surface area contributed by atoms with Crippen LogP contribution in [0.25, 0.3) is 0 Å². The van der Waals surface area contributed by atoms with E-state index in [1.165, 1.54) is 0 Å². The quantitative estimate of drug-likeness (QED) is 0.418. The van der Waals surface area contributed by atoms with Crippen LogP contribution >= 0.6 is 11.8 Å². The highest BCUT2D eigenvalue weighted by Crippen LogP contribution is 2.45. The van der Waals surface area contributed by atoms with Gasteiger partial charge in [-0.2, -0.15) is 0 Å². The first-order chi connectivity index (χ1) is 12.3. The van der Waals surface area contributed by atoms with E-state index in [0.29, 0.717) is 12.4 Å². The fraction of sp³-hybridized carbons (Fsp3) is 0.696. The molecule has 0 fully saturated rings. The molecule has 0 aliphatic carbocycles. The smallest absolute Gasteiger partial charge is 0.322 e. The maximum Gasteiger partial charge on any atom is 0.322 e. The van der Waals surface area contributed by atoms with E-state index in [1.54, 1.807) is 11.8 Å². The molecule has 1 aromatic rings. The minimum atomic E-state index is -0.634. The van der Waals surface area contributed by atoms with E-state index >= 15 is 0 Å². The van der Waals surface area contributed by atoms with Crippen LogP contribution in [0.4, 0.5) is 0 Å². The summed E-state index contributed by atoms with van der Waals surface area (Å²) >= 11 is 1.56. The fourth-order valence-electron chi connectivity index (χ4n) is 3.09. The van der Waals surface area contributed by atoms with Crippen molar-refractivity contribution in [3.05, 3.63) is 23.3 Å². The molecule has 4 heteroatoms. The van der Waals surface area contributed by atoms with Gasteiger partial charge in [-0.25, -0.2) is 0 Å². The number of phenolic OH excluding ortho intramolecular Hbond substituents is 1. The second-order valence-corrected chi connectivity index (χ2v) is 11.2. The molecule has 0 bridgehead atoms. The van der Waals surface area contributed by atoms with E-state index in [9.17, 15) is 9.90 Å². The summed E-state index contributed by atoms with van der Waals surface area (Å²) in [6.45, 7) is 19.1. The van der Waals surface area contributed by atoms with Gasteiger partial charge in [0.05, 0.1) is 6.61 Å². The zero-order chi connectivity index (χ0) is 21.0. The van der Waals surface area contributed by atoms with Gasteiger partial charge in [-0.3, -0.25) is 4.79 Å². The summed E-state index contributed by atoms with van der Waals surface area (Å²) in [4.78, 5) is 13.8. The molecular weight excluding hydrogens is 356 g/mol. The van der Waals surface area contributed by atoms with E-state index in [4.69, 9.17) is 4.74 Å². The molecule has 0 spiro atoms. The Morgan fingerprint density at radius 1 is 0.963 bits per heavy atom. The summed E-state index contributed by atoms with van der Waals surface area (Å²) < 4.78 is 4.86. The molecule has 1 aromatic carbocycles. The highest BCUT2D eigenvalue weighted by molar-refractivity contribution is 8.01. The van der Waals surface area contributed by atoms with Crippen LogP contribution in [0.3, 0.4) is 0 Å². The second-order valence-electron chi connectivity index (χ2n) is 9.59. The predicted octanol–water partition coefficient (Wildman–Crippen LogP) is 6.59. The third-order valence-corrected chi connectivity index (χ3v) is 5.93. The van der Waals surface area contributed by atoms with Crippen LogP contribution in [0.5, 0.6) is 5.75 Å². The summed E-state index contributed by atoms with van der Waals surface area (Å²) in [5.41, 5.74) is 1.45. The number of carbonyl (C=O) groups excluding carboxylic acids is 1. The molecule has 154 valence electrons. The molecule has 1 unspecified atom stereocenters. The van der Waals surface area contributed by atoms with Gasteiger partial charge >= 0.3 is 5.97 Å². The van der Waals surface area contributed by atoms with Crippen molar-refractivity contribution in [2.75, 3.05) is 6.61 Å². The molecule has 0 aromatic heterocycles. The van der Waals surface area contributed by atoms with Gasteiger partial charge in [0.2, 0.25) is 0 Å². The normalized spacial score (nSPS) is 14.7. The first kappa shape index (κ1) is 23.9. The number of carbonyl (C=O) groups is 1. The lowest BCUT2D eigenvalue weighted by Crippen LogP contribution is -2.33.